The van der Waals surface area contributed by atoms with E-state index in [1.165, 1.54) is 22.9 Å². The Hall–Kier alpha value is -3.14. The van der Waals surface area contributed by atoms with E-state index >= 15 is 0 Å². The molecule has 1 atom stereocenters. The number of rotatable bonds is 4. The van der Waals surface area contributed by atoms with Gasteiger partial charge in [-0.3, -0.25) is 9.59 Å². The predicted octanol–water partition coefficient (Wildman–Crippen LogP) is 3.17. The molecule has 10 heteroatoms. The fourth-order valence-corrected chi connectivity index (χ4v) is 3.63. The van der Waals surface area contributed by atoms with Gasteiger partial charge in [0.25, 0.3) is 0 Å². The number of carbonyl (C=O) groups excluding carboxylic acids is 2. The van der Waals surface area contributed by atoms with E-state index < -0.39 is 11.7 Å². The molecule has 2 heterocycles. The Morgan fingerprint density at radius 3 is 2.73 bits per heavy atom. The highest BCUT2D eigenvalue weighted by atomic mass is 79.9. The molecule has 0 spiro atoms. The second kappa shape index (κ2) is 7.94. The third kappa shape index (κ3) is 3.82. The molecule has 2 aromatic carbocycles. The molecule has 0 aliphatic carbocycles. The Kier molecular flexibility index (Phi) is 5.33. The summed E-state index contributed by atoms with van der Waals surface area (Å²) in [5.41, 5.74) is 2.29. The summed E-state index contributed by atoms with van der Waals surface area (Å²) in [6, 6.07) is 9.79. The number of aromatic nitrogens is 4. The molecule has 8 nitrogen and oxygen atoms in total. The number of tetrazole rings is 1. The Morgan fingerprint density at radius 2 is 2.03 bits per heavy atom. The number of carbonyl (C=O) groups is 2. The van der Waals surface area contributed by atoms with Gasteiger partial charge in [0, 0.05) is 28.8 Å². The van der Waals surface area contributed by atoms with Gasteiger partial charge in [-0.25, -0.2) is 4.39 Å². The Balaban J connectivity index is 1.50. The van der Waals surface area contributed by atoms with Crippen LogP contribution in [0.3, 0.4) is 0 Å². The van der Waals surface area contributed by atoms with Crippen LogP contribution in [0.15, 0.2) is 40.9 Å². The molecule has 1 aromatic heterocycles. The maximum absolute atomic E-state index is 14.2. The molecular formula is C20H18BrFN6O2. The molecular weight excluding hydrogens is 455 g/mol. The zero-order valence-electron chi connectivity index (χ0n) is 16.3. The van der Waals surface area contributed by atoms with Crippen molar-refractivity contribution in [3.05, 3.63) is 58.1 Å². The SMILES string of the molecule is Cc1cc(N2CC(C(=O)Nc3ccc(F)c(-n4nnnc4C)c3)CC2=O)ccc1Br. The number of benzene rings is 2. The number of aryl methyl sites for hydroxylation is 2. The second-order valence-corrected chi connectivity index (χ2v) is 7.99. The van der Waals surface area contributed by atoms with E-state index in [0.717, 1.165) is 15.7 Å². The van der Waals surface area contributed by atoms with E-state index in [4.69, 9.17) is 0 Å². The van der Waals surface area contributed by atoms with Gasteiger partial charge in [-0.1, -0.05) is 15.9 Å². The monoisotopic (exact) mass is 472 g/mol. The third-order valence-electron chi connectivity index (χ3n) is 5.02. The summed E-state index contributed by atoms with van der Waals surface area (Å²) >= 11 is 3.45. The van der Waals surface area contributed by atoms with Crippen molar-refractivity contribution in [2.24, 2.45) is 5.92 Å². The highest BCUT2D eigenvalue weighted by Crippen LogP contribution is 2.29. The van der Waals surface area contributed by atoms with Crippen LogP contribution in [-0.4, -0.2) is 38.6 Å². The molecule has 3 aromatic rings. The summed E-state index contributed by atoms with van der Waals surface area (Å²) in [4.78, 5) is 26.9. The van der Waals surface area contributed by atoms with E-state index in [-0.39, 0.29) is 30.5 Å². The molecule has 0 radical (unpaired) electrons. The van der Waals surface area contributed by atoms with Crippen LogP contribution in [0, 0.1) is 25.6 Å². The number of anilines is 2. The fourth-order valence-electron chi connectivity index (χ4n) is 3.38. The number of hydrogen-bond acceptors (Lipinski definition) is 5. The average Bonchev–Trinajstić information content (AvgIpc) is 3.31. The molecule has 4 rings (SSSR count). The van der Waals surface area contributed by atoms with Crippen molar-refractivity contribution >= 4 is 39.1 Å². The van der Waals surface area contributed by atoms with E-state index in [1.54, 1.807) is 11.8 Å². The molecule has 1 fully saturated rings. The molecule has 1 unspecified atom stereocenters. The van der Waals surface area contributed by atoms with Gasteiger partial charge in [-0.05, 0) is 66.2 Å². The van der Waals surface area contributed by atoms with E-state index in [2.05, 4.69) is 36.8 Å². The molecule has 1 aliphatic heterocycles. The van der Waals surface area contributed by atoms with Crippen LogP contribution in [0.1, 0.15) is 17.8 Å². The Labute approximate surface area is 180 Å². The van der Waals surface area contributed by atoms with Gasteiger partial charge < -0.3 is 10.2 Å². The van der Waals surface area contributed by atoms with Crippen molar-refractivity contribution in [1.82, 2.24) is 20.2 Å². The second-order valence-electron chi connectivity index (χ2n) is 7.13. The van der Waals surface area contributed by atoms with Crippen molar-refractivity contribution in [3.63, 3.8) is 0 Å². The predicted molar refractivity (Wildman–Crippen MR) is 112 cm³/mol. The molecule has 1 aliphatic rings. The average molecular weight is 473 g/mol. The lowest BCUT2D eigenvalue weighted by molar-refractivity contribution is -0.122. The van der Waals surface area contributed by atoms with Crippen LogP contribution in [0.5, 0.6) is 0 Å². The Morgan fingerprint density at radius 1 is 1.23 bits per heavy atom. The molecule has 0 bridgehead atoms. The smallest absolute Gasteiger partial charge is 0.229 e. The first kappa shape index (κ1) is 20.1. The molecule has 1 N–H and O–H groups in total. The first-order valence-corrected chi connectivity index (χ1v) is 10.0. The topological polar surface area (TPSA) is 93.0 Å². The highest BCUT2D eigenvalue weighted by molar-refractivity contribution is 9.10. The van der Waals surface area contributed by atoms with Crippen molar-refractivity contribution in [2.75, 3.05) is 16.8 Å². The minimum Gasteiger partial charge on any atom is -0.326 e. The van der Waals surface area contributed by atoms with Gasteiger partial charge in [-0.2, -0.15) is 4.68 Å². The zero-order chi connectivity index (χ0) is 21.4. The highest BCUT2D eigenvalue weighted by Gasteiger charge is 2.35. The first-order valence-electron chi connectivity index (χ1n) is 9.26. The van der Waals surface area contributed by atoms with Gasteiger partial charge in [0.2, 0.25) is 11.8 Å². The van der Waals surface area contributed by atoms with Gasteiger partial charge in [0.05, 0.1) is 5.92 Å². The maximum Gasteiger partial charge on any atom is 0.229 e. The molecule has 2 amide bonds. The summed E-state index contributed by atoms with van der Waals surface area (Å²) in [6.07, 6.45) is 0.112. The van der Waals surface area contributed by atoms with E-state index in [0.29, 0.717) is 11.5 Å². The molecule has 1 saturated heterocycles. The number of nitrogens with zero attached hydrogens (tertiary/aromatic N) is 5. The summed E-state index contributed by atoms with van der Waals surface area (Å²) in [7, 11) is 0. The largest absolute Gasteiger partial charge is 0.326 e. The summed E-state index contributed by atoms with van der Waals surface area (Å²) < 4.78 is 16.4. The fraction of sp³-hybridized carbons (Fsp3) is 0.250. The van der Waals surface area contributed by atoms with Gasteiger partial charge in [0.15, 0.2) is 5.82 Å². The van der Waals surface area contributed by atoms with Crippen LogP contribution in [0.2, 0.25) is 0 Å². The maximum atomic E-state index is 14.2. The minimum absolute atomic E-state index is 0.110. The van der Waals surface area contributed by atoms with Crippen LogP contribution in [0.4, 0.5) is 15.8 Å². The lowest BCUT2D eigenvalue weighted by Gasteiger charge is -2.18. The summed E-state index contributed by atoms with van der Waals surface area (Å²) in [5.74, 6) is -1.02. The number of amides is 2. The van der Waals surface area contributed by atoms with E-state index in [1.807, 2.05) is 25.1 Å². The van der Waals surface area contributed by atoms with Gasteiger partial charge >= 0.3 is 0 Å². The molecule has 154 valence electrons. The van der Waals surface area contributed by atoms with Crippen LogP contribution in [-0.2, 0) is 9.59 Å². The first-order chi connectivity index (χ1) is 14.3. The summed E-state index contributed by atoms with van der Waals surface area (Å²) in [6.45, 7) is 3.87. The van der Waals surface area contributed by atoms with Crippen LogP contribution < -0.4 is 10.2 Å². The normalized spacial score (nSPS) is 16.2. The van der Waals surface area contributed by atoms with Crippen molar-refractivity contribution in [3.8, 4) is 5.69 Å². The number of halogens is 2. The number of hydrogen-bond donors (Lipinski definition) is 1. The third-order valence-corrected chi connectivity index (χ3v) is 5.91. The lowest BCUT2D eigenvalue weighted by Crippen LogP contribution is -2.28. The van der Waals surface area contributed by atoms with Gasteiger partial charge in [0.1, 0.15) is 11.5 Å². The van der Waals surface area contributed by atoms with Crippen molar-refractivity contribution in [1.29, 1.82) is 0 Å². The number of nitrogens with one attached hydrogen (secondary N) is 1. The van der Waals surface area contributed by atoms with Crippen LogP contribution >= 0.6 is 15.9 Å². The molecule has 0 saturated carbocycles. The van der Waals surface area contributed by atoms with Crippen LogP contribution in [0.25, 0.3) is 5.69 Å². The van der Waals surface area contributed by atoms with Crippen molar-refractivity contribution in [2.45, 2.75) is 20.3 Å². The molecule has 30 heavy (non-hydrogen) atoms. The van der Waals surface area contributed by atoms with E-state index in [9.17, 15) is 14.0 Å². The standard InChI is InChI=1S/C20H18BrFN6O2/c1-11-7-15(4-5-16(11)21)27-10-13(8-19(27)29)20(30)23-14-3-6-17(22)18(9-14)28-12(2)24-25-26-28/h3-7,9,13H,8,10H2,1-2H3,(H,23,30). The minimum atomic E-state index is -0.517. The van der Waals surface area contributed by atoms with Crippen molar-refractivity contribution < 1.29 is 14.0 Å². The quantitative estimate of drug-likeness (QED) is 0.629. The van der Waals surface area contributed by atoms with Gasteiger partial charge in [-0.15, -0.1) is 5.10 Å². The zero-order valence-corrected chi connectivity index (χ0v) is 17.9. The summed E-state index contributed by atoms with van der Waals surface area (Å²) in [5, 5.41) is 13.8. The lowest BCUT2D eigenvalue weighted by atomic mass is 10.1. The Bertz CT molecular complexity index is 1150.